The van der Waals surface area contributed by atoms with Gasteiger partial charge in [0.15, 0.2) is 0 Å². The molecule has 6 heteroatoms. The Kier molecular flexibility index (Phi) is 5.15. The number of piperidine rings is 1. The van der Waals surface area contributed by atoms with Gasteiger partial charge in [0.25, 0.3) is 0 Å². The first-order valence-electron chi connectivity index (χ1n) is 7.03. The average molecular weight is 269 g/mol. The predicted octanol–water partition coefficient (Wildman–Crippen LogP) is 0.407. The van der Waals surface area contributed by atoms with Crippen molar-refractivity contribution < 1.29 is 14.7 Å². The molecule has 2 heterocycles. The number of rotatable bonds is 3. The van der Waals surface area contributed by atoms with Crippen LogP contribution in [0, 0.1) is 5.92 Å². The molecule has 2 saturated heterocycles. The highest BCUT2D eigenvalue weighted by Gasteiger charge is 2.27. The lowest BCUT2D eigenvalue weighted by molar-refractivity contribution is -0.136. The number of morpholine rings is 1. The first-order valence-corrected chi connectivity index (χ1v) is 7.03. The first kappa shape index (κ1) is 14.3. The second-order valence-corrected chi connectivity index (χ2v) is 5.17. The summed E-state index contributed by atoms with van der Waals surface area (Å²) in [5, 5.41) is 12.3. The quantitative estimate of drug-likeness (QED) is 0.595. The molecule has 19 heavy (non-hydrogen) atoms. The topological polar surface area (TPSA) is 65.4 Å². The van der Waals surface area contributed by atoms with Gasteiger partial charge >= 0.3 is 0 Å². The summed E-state index contributed by atoms with van der Waals surface area (Å²) in [6.45, 7) is 6.85. The summed E-state index contributed by atoms with van der Waals surface area (Å²) < 4.78 is 5.25. The maximum Gasteiger partial charge on any atom is 0.236 e. The van der Waals surface area contributed by atoms with Gasteiger partial charge in [-0.2, -0.15) is 0 Å². The van der Waals surface area contributed by atoms with Crippen LogP contribution in [0.3, 0.4) is 0 Å². The van der Waals surface area contributed by atoms with Crippen molar-refractivity contribution in [2.75, 3.05) is 45.9 Å². The second-order valence-electron chi connectivity index (χ2n) is 5.17. The Labute approximate surface area is 114 Å². The van der Waals surface area contributed by atoms with Crippen molar-refractivity contribution in [3.8, 4) is 0 Å². The minimum Gasteiger partial charge on any atom is -0.411 e. The van der Waals surface area contributed by atoms with E-state index in [1.807, 2.05) is 4.90 Å². The molecule has 2 rings (SSSR count). The molecule has 0 aliphatic carbocycles. The van der Waals surface area contributed by atoms with Crippen molar-refractivity contribution in [3.63, 3.8) is 0 Å². The van der Waals surface area contributed by atoms with E-state index < -0.39 is 0 Å². The summed E-state index contributed by atoms with van der Waals surface area (Å²) in [5.41, 5.74) is 0.873. The normalized spacial score (nSPS) is 27.7. The molecule has 1 N–H and O–H groups in total. The molecule has 2 fully saturated rings. The van der Waals surface area contributed by atoms with Crippen LogP contribution in [0.4, 0.5) is 0 Å². The summed E-state index contributed by atoms with van der Waals surface area (Å²) in [7, 11) is 0. The maximum absolute atomic E-state index is 12.2. The monoisotopic (exact) mass is 269 g/mol. The number of nitrogens with zero attached hydrogens (tertiary/aromatic N) is 3. The molecule has 1 amide bonds. The Morgan fingerprint density at radius 3 is 2.79 bits per heavy atom. The van der Waals surface area contributed by atoms with Gasteiger partial charge in [-0.1, -0.05) is 12.1 Å². The van der Waals surface area contributed by atoms with E-state index in [0.717, 1.165) is 31.6 Å². The number of hydrogen-bond donors (Lipinski definition) is 1. The zero-order chi connectivity index (χ0) is 13.7. The van der Waals surface area contributed by atoms with Crippen molar-refractivity contribution in [3.05, 3.63) is 0 Å². The fourth-order valence-corrected chi connectivity index (χ4v) is 2.73. The predicted molar refractivity (Wildman–Crippen MR) is 71.5 cm³/mol. The summed E-state index contributed by atoms with van der Waals surface area (Å²) in [6, 6.07) is 0. The molecule has 6 nitrogen and oxygen atoms in total. The van der Waals surface area contributed by atoms with Crippen molar-refractivity contribution >= 4 is 11.6 Å². The Balaban J connectivity index is 1.84. The van der Waals surface area contributed by atoms with Crippen molar-refractivity contribution in [2.24, 2.45) is 11.1 Å². The summed E-state index contributed by atoms with van der Waals surface area (Å²) >= 11 is 0. The van der Waals surface area contributed by atoms with Crippen LogP contribution in [0.2, 0.25) is 0 Å². The first-order chi connectivity index (χ1) is 9.24. The van der Waals surface area contributed by atoms with E-state index in [-0.39, 0.29) is 11.8 Å². The van der Waals surface area contributed by atoms with E-state index in [4.69, 9.17) is 9.94 Å². The largest absolute Gasteiger partial charge is 0.411 e. The lowest BCUT2D eigenvalue weighted by Gasteiger charge is -2.34. The number of likely N-dealkylation sites (tertiary alicyclic amines) is 1. The van der Waals surface area contributed by atoms with E-state index >= 15 is 0 Å². The number of carbonyl (C=O) groups excluding carboxylic acids is 1. The molecule has 0 aromatic rings. The highest BCUT2D eigenvalue weighted by molar-refractivity contribution is 5.87. The average Bonchev–Trinajstić information content (AvgIpc) is 2.48. The molecule has 0 spiro atoms. The van der Waals surface area contributed by atoms with Gasteiger partial charge in [-0.25, -0.2) is 0 Å². The number of ether oxygens (including phenoxy) is 1. The number of oxime groups is 1. The van der Waals surface area contributed by atoms with E-state index in [1.165, 1.54) is 0 Å². The second kappa shape index (κ2) is 6.86. The van der Waals surface area contributed by atoms with Crippen molar-refractivity contribution in [2.45, 2.75) is 19.8 Å². The van der Waals surface area contributed by atoms with Crippen LogP contribution < -0.4 is 0 Å². The van der Waals surface area contributed by atoms with Crippen LogP contribution >= 0.6 is 0 Å². The van der Waals surface area contributed by atoms with Crippen molar-refractivity contribution in [1.82, 2.24) is 9.80 Å². The molecule has 0 aromatic carbocycles. The molecule has 0 radical (unpaired) electrons. The molecule has 2 aliphatic rings. The molecule has 1 atom stereocenters. The summed E-state index contributed by atoms with van der Waals surface area (Å²) in [4.78, 5) is 16.2. The van der Waals surface area contributed by atoms with E-state index in [9.17, 15) is 4.79 Å². The molecule has 1 unspecified atom stereocenters. The Hall–Kier alpha value is -1.14. The van der Waals surface area contributed by atoms with Gasteiger partial charge < -0.3 is 14.8 Å². The van der Waals surface area contributed by atoms with Crippen LogP contribution in [0.15, 0.2) is 5.16 Å². The zero-order valence-electron chi connectivity index (χ0n) is 11.5. The summed E-state index contributed by atoms with van der Waals surface area (Å²) in [6.07, 6.45) is 1.70. The van der Waals surface area contributed by atoms with Crippen molar-refractivity contribution in [1.29, 1.82) is 0 Å². The van der Waals surface area contributed by atoms with E-state index in [0.29, 0.717) is 32.8 Å². The SMILES string of the molecule is CCC1CN(CC(=O)N2CCOCC2)CCC1=NO. The van der Waals surface area contributed by atoms with Crippen LogP contribution in [0.1, 0.15) is 19.8 Å². The molecule has 0 bridgehead atoms. The van der Waals surface area contributed by atoms with Gasteiger partial charge in [0.1, 0.15) is 0 Å². The number of amides is 1. The van der Waals surface area contributed by atoms with Gasteiger partial charge in [0.2, 0.25) is 5.91 Å². The fourth-order valence-electron chi connectivity index (χ4n) is 2.73. The molecule has 2 aliphatic heterocycles. The van der Waals surface area contributed by atoms with Crippen LogP contribution in [-0.4, -0.2) is 72.6 Å². The molecule has 0 saturated carbocycles. The Morgan fingerprint density at radius 1 is 1.42 bits per heavy atom. The molecule has 108 valence electrons. The highest BCUT2D eigenvalue weighted by atomic mass is 16.5. The van der Waals surface area contributed by atoms with Gasteiger partial charge in [0.05, 0.1) is 25.5 Å². The van der Waals surface area contributed by atoms with Gasteiger partial charge in [-0.05, 0) is 6.42 Å². The number of carbonyl (C=O) groups is 1. The lowest BCUT2D eigenvalue weighted by Crippen LogP contribution is -2.49. The fraction of sp³-hybridized carbons (Fsp3) is 0.846. The summed E-state index contributed by atoms with van der Waals surface area (Å²) in [5.74, 6) is 0.457. The van der Waals surface area contributed by atoms with Crippen LogP contribution in [-0.2, 0) is 9.53 Å². The number of hydrogen-bond acceptors (Lipinski definition) is 5. The standard InChI is InChI=1S/C13H23N3O3/c1-2-11-9-15(4-3-12(11)14-18)10-13(17)16-5-7-19-8-6-16/h11,18H,2-10H2,1H3. The molecule has 0 aromatic heterocycles. The smallest absolute Gasteiger partial charge is 0.236 e. The minimum absolute atomic E-state index is 0.183. The van der Waals surface area contributed by atoms with Crippen LogP contribution in [0.5, 0.6) is 0 Å². The third-order valence-electron chi connectivity index (χ3n) is 3.98. The zero-order valence-corrected chi connectivity index (χ0v) is 11.5. The third-order valence-corrected chi connectivity index (χ3v) is 3.98. The van der Waals surface area contributed by atoms with Gasteiger partial charge in [-0.3, -0.25) is 9.69 Å². The Morgan fingerprint density at radius 2 is 2.16 bits per heavy atom. The van der Waals surface area contributed by atoms with Gasteiger partial charge in [-0.15, -0.1) is 0 Å². The molecular formula is C13H23N3O3. The lowest BCUT2D eigenvalue weighted by atomic mass is 9.93. The van der Waals surface area contributed by atoms with E-state index in [2.05, 4.69) is 17.0 Å². The maximum atomic E-state index is 12.2. The van der Waals surface area contributed by atoms with E-state index in [1.54, 1.807) is 0 Å². The third kappa shape index (κ3) is 3.67. The molecular weight excluding hydrogens is 246 g/mol. The Bertz CT molecular complexity index is 340. The highest BCUT2D eigenvalue weighted by Crippen LogP contribution is 2.17. The van der Waals surface area contributed by atoms with Gasteiger partial charge in [0, 0.05) is 38.5 Å². The van der Waals surface area contributed by atoms with Crippen LogP contribution in [0.25, 0.3) is 0 Å². The minimum atomic E-state index is 0.183.